The van der Waals surface area contributed by atoms with E-state index in [9.17, 15) is 4.79 Å². The molecule has 0 radical (unpaired) electrons. The number of hydrogen-bond acceptors (Lipinski definition) is 3. The molecule has 0 bridgehead atoms. The van der Waals surface area contributed by atoms with Crippen molar-refractivity contribution in [1.82, 2.24) is 9.80 Å². The van der Waals surface area contributed by atoms with Gasteiger partial charge in [0, 0.05) is 18.6 Å². The molecule has 2 aliphatic rings. The molecule has 2 fully saturated rings. The van der Waals surface area contributed by atoms with Gasteiger partial charge in [-0.25, -0.2) is 4.79 Å². The van der Waals surface area contributed by atoms with Gasteiger partial charge in [-0.2, -0.15) is 0 Å². The second kappa shape index (κ2) is 4.00. The monoisotopic (exact) mass is 212 g/mol. The van der Waals surface area contributed by atoms with Crippen molar-refractivity contribution in [3.8, 4) is 0 Å². The first-order valence-corrected chi connectivity index (χ1v) is 5.78. The van der Waals surface area contributed by atoms with E-state index in [0.717, 1.165) is 13.1 Å². The zero-order valence-electron chi connectivity index (χ0n) is 9.77. The average molecular weight is 212 g/mol. The summed E-state index contributed by atoms with van der Waals surface area (Å²) in [4.78, 5) is 15.9. The lowest BCUT2D eigenvalue weighted by Gasteiger charge is -2.27. The molecule has 4 nitrogen and oxygen atoms in total. The van der Waals surface area contributed by atoms with E-state index in [1.165, 1.54) is 6.42 Å². The molecule has 2 saturated heterocycles. The molecule has 0 saturated carbocycles. The number of rotatable bonds is 1. The highest BCUT2D eigenvalue weighted by Crippen LogP contribution is 2.34. The van der Waals surface area contributed by atoms with Gasteiger partial charge in [-0.15, -0.1) is 0 Å². The van der Waals surface area contributed by atoms with E-state index in [2.05, 4.69) is 18.9 Å². The zero-order chi connectivity index (χ0) is 11.0. The maximum absolute atomic E-state index is 11.7. The van der Waals surface area contributed by atoms with E-state index in [1.807, 2.05) is 11.8 Å². The molecular weight excluding hydrogens is 192 g/mol. The fraction of sp³-hybridized carbons (Fsp3) is 0.909. The Bertz CT molecular complexity index is 257. The Kier molecular flexibility index (Phi) is 2.87. The van der Waals surface area contributed by atoms with Gasteiger partial charge in [0.15, 0.2) is 0 Å². The Hall–Kier alpha value is -0.770. The highest BCUT2D eigenvalue weighted by molar-refractivity contribution is 5.68. The Labute approximate surface area is 91.2 Å². The first-order valence-electron chi connectivity index (χ1n) is 5.78. The molecule has 86 valence electrons. The largest absolute Gasteiger partial charge is 0.450 e. The smallest absolute Gasteiger partial charge is 0.410 e. The third-order valence-electron chi connectivity index (χ3n) is 3.76. The minimum absolute atomic E-state index is 0.146. The van der Waals surface area contributed by atoms with E-state index in [-0.39, 0.29) is 6.09 Å². The van der Waals surface area contributed by atoms with Crippen molar-refractivity contribution in [2.24, 2.45) is 5.92 Å². The van der Waals surface area contributed by atoms with Crippen LogP contribution in [0.2, 0.25) is 0 Å². The standard InChI is InChI=1S/C11H20N2O2/c1-4-15-11(14)13-7-9-5-6-12(3)10(9)8(13)2/h8-10H,4-7H2,1-3H3. The van der Waals surface area contributed by atoms with Gasteiger partial charge in [-0.1, -0.05) is 0 Å². The van der Waals surface area contributed by atoms with Gasteiger partial charge in [0.2, 0.25) is 0 Å². The zero-order valence-corrected chi connectivity index (χ0v) is 9.77. The van der Waals surface area contributed by atoms with Crippen LogP contribution in [0.15, 0.2) is 0 Å². The molecule has 3 atom stereocenters. The minimum Gasteiger partial charge on any atom is -0.450 e. The number of ether oxygens (including phenoxy) is 1. The first kappa shape index (κ1) is 10.7. The maximum atomic E-state index is 11.7. The Morgan fingerprint density at radius 1 is 1.53 bits per heavy atom. The van der Waals surface area contributed by atoms with Crippen molar-refractivity contribution >= 4 is 6.09 Å². The lowest BCUT2D eigenvalue weighted by atomic mass is 10.0. The van der Waals surface area contributed by atoms with Crippen LogP contribution >= 0.6 is 0 Å². The van der Waals surface area contributed by atoms with Crippen molar-refractivity contribution in [2.45, 2.75) is 32.4 Å². The molecule has 0 aromatic rings. The van der Waals surface area contributed by atoms with Crippen molar-refractivity contribution in [3.05, 3.63) is 0 Å². The number of hydrogen-bond donors (Lipinski definition) is 0. The predicted octanol–water partition coefficient (Wildman–Crippen LogP) is 1.17. The fourth-order valence-electron chi connectivity index (χ4n) is 3.06. The number of fused-ring (bicyclic) bond motifs is 1. The molecule has 0 aromatic heterocycles. The molecular formula is C11H20N2O2. The van der Waals surface area contributed by atoms with E-state index in [1.54, 1.807) is 0 Å². The molecule has 15 heavy (non-hydrogen) atoms. The van der Waals surface area contributed by atoms with Crippen molar-refractivity contribution in [2.75, 3.05) is 26.7 Å². The number of carbonyl (C=O) groups is 1. The minimum atomic E-state index is -0.146. The van der Waals surface area contributed by atoms with E-state index < -0.39 is 0 Å². The number of likely N-dealkylation sites (N-methyl/N-ethyl adjacent to an activating group) is 1. The molecule has 1 amide bonds. The summed E-state index contributed by atoms with van der Waals surface area (Å²) in [5.41, 5.74) is 0. The summed E-state index contributed by atoms with van der Waals surface area (Å²) in [6, 6.07) is 0.830. The summed E-state index contributed by atoms with van der Waals surface area (Å²) in [6.45, 7) is 6.48. The number of nitrogens with zero attached hydrogens (tertiary/aromatic N) is 2. The molecule has 3 unspecified atom stereocenters. The molecule has 4 heteroatoms. The third kappa shape index (κ3) is 1.71. The SMILES string of the molecule is CCOC(=O)N1CC2CCN(C)C2C1C. The van der Waals surface area contributed by atoms with Crippen LogP contribution in [0.3, 0.4) is 0 Å². The second-order valence-corrected chi connectivity index (χ2v) is 4.61. The molecule has 2 rings (SSSR count). The highest BCUT2D eigenvalue weighted by Gasteiger charge is 2.46. The Morgan fingerprint density at radius 2 is 2.27 bits per heavy atom. The van der Waals surface area contributed by atoms with Gasteiger partial charge in [-0.3, -0.25) is 0 Å². The number of amides is 1. The quantitative estimate of drug-likeness (QED) is 0.654. The normalized spacial score (nSPS) is 35.7. The van der Waals surface area contributed by atoms with Gasteiger partial charge >= 0.3 is 6.09 Å². The van der Waals surface area contributed by atoms with Gasteiger partial charge in [0.05, 0.1) is 6.61 Å². The molecule has 2 heterocycles. The van der Waals surface area contributed by atoms with Crippen molar-refractivity contribution in [1.29, 1.82) is 0 Å². The second-order valence-electron chi connectivity index (χ2n) is 4.61. The topological polar surface area (TPSA) is 32.8 Å². The third-order valence-corrected chi connectivity index (χ3v) is 3.76. The Morgan fingerprint density at radius 3 is 2.87 bits per heavy atom. The summed E-state index contributed by atoms with van der Waals surface area (Å²) in [5, 5.41) is 0. The van der Waals surface area contributed by atoms with Crippen LogP contribution in [0.4, 0.5) is 4.79 Å². The molecule has 0 aromatic carbocycles. The fourth-order valence-corrected chi connectivity index (χ4v) is 3.06. The van der Waals surface area contributed by atoms with Crippen LogP contribution in [0, 0.1) is 5.92 Å². The molecule has 0 spiro atoms. The lowest BCUT2D eigenvalue weighted by molar-refractivity contribution is 0.0966. The van der Waals surface area contributed by atoms with E-state index in [0.29, 0.717) is 24.6 Å². The lowest BCUT2D eigenvalue weighted by Crippen LogP contribution is -2.42. The molecule has 2 aliphatic heterocycles. The number of carbonyl (C=O) groups excluding carboxylic acids is 1. The van der Waals surface area contributed by atoms with E-state index in [4.69, 9.17) is 4.74 Å². The average Bonchev–Trinajstić information content (AvgIpc) is 2.70. The van der Waals surface area contributed by atoms with Crippen LogP contribution in [0.1, 0.15) is 20.3 Å². The van der Waals surface area contributed by atoms with Crippen LogP contribution in [0.25, 0.3) is 0 Å². The summed E-state index contributed by atoms with van der Waals surface area (Å²) in [6.07, 6.45) is 1.06. The highest BCUT2D eigenvalue weighted by atomic mass is 16.6. The maximum Gasteiger partial charge on any atom is 0.410 e. The first-order chi connectivity index (χ1) is 7.15. The summed E-state index contributed by atoms with van der Waals surface area (Å²) < 4.78 is 5.07. The van der Waals surface area contributed by atoms with Gasteiger partial charge in [0.1, 0.15) is 0 Å². The van der Waals surface area contributed by atoms with Gasteiger partial charge < -0.3 is 14.5 Å². The van der Waals surface area contributed by atoms with Crippen LogP contribution in [-0.2, 0) is 4.74 Å². The van der Waals surface area contributed by atoms with Gasteiger partial charge in [-0.05, 0) is 39.8 Å². The summed E-state index contributed by atoms with van der Waals surface area (Å²) in [7, 11) is 2.15. The number of likely N-dealkylation sites (tertiary alicyclic amines) is 2. The van der Waals surface area contributed by atoms with Crippen LogP contribution < -0.4 is 0 Å². The predicted molar refractivity (Wildman–Crippen MR) is 57.7 cm³/mol. The molecule has 0 aliphatic carbocycles. The summed E-state index contributed by atoms with van der Waals surface area (Å²) >= 11 is 0. The van der Waals surface area contributed by atoms with E-state index >= 15 is 0 Å². The van der Waals surface area contributed by atoms with Crippen LogP contribution in [-0.4, -0.2) is 54.7 Å². The summed E-state index contributed by atoms with van der Waals surface area (Å²) in [5.74, 6) is 0.648. The van der Waals surface area contributed by atoms with Crippen molar-refractivity contribution in [3.63, 3.8) is 0 Å². The Balaban J connectivity index is 2.03. The molecule has 0 N–H and O–H groups in total. The van der Waals surface area contributed by atoms with Crippen molar-refractivity contribution < 1.29 is 9.53 Å². The van der Waals surface area contributed by atoms with Gasteiger partial charge in [0.25, 0.3) is 0 Å². The van der Waals surface area contributed by atoms with Crippen LogP contribution in [0.5, 0.6) is 0 Å².